The Morgan fingerprint density at radius 1 is 1.37 bits per heavy atom. The van der Waals surface area contributed by atoms with Crippen molar-refractivity contribution in [2.24, 2.45) is 5.92 Å². The summed E-state index contributed by atoms with van der Waals surface area (Å²) in [6.07, 6.45) is 2.05. The van der Waals surface area contributed by atoms with Crippen LogP contribution in [0.5, 0.6) is 0 Å². The van der Waals surface area contributed by atoms with Crippen LogP contribution < -0.4 is 0 Å². The number of carboxylic acids is 1. The van der Waals surface area contributed by atoms with Gasteiger partial charge in [-0.1, -0.05) is 0 Å². The van der Waals surface area contributed by atoms with Gasteiger partial charge in [0.05, 0.1) is 18.1 Å². The largest absolute Gasteiger partial charge is 0.481 e. The third kappa shape index (κ3) is 3.45. The van der Waals surface area contributed by atoms with Crippen LogP contribution in [0.3, 0.4) is 0 Å². The minimum Gasteiger partial charge on any atom is -0.481 e. The first-order chi connectivity index (χ1) is 8.89. The highest BCUT2D eigenvalue weighted by molar-refractivity contribution is 5.78. The van der Waals surface area contributed by atoms with E-state index in [1.165, 1.54) is 0 Å². The first kappa shape index (κ1) is 14.3. The number of amides is 1. The number of carbonyl (C=O) groups excluding carboxylic acids is 1. The lowest BCUT2D eigenvalue weighted by Crippen LogP contribution is -2.54. The second-order valence-corrected chi connectivity index (χ2v) is 5.86. The molecule has 1 aliphatic carbocycles. The van der Waals surface area contributed by atoms with Gasteiger partial charge in [-0.15, -0.1) is 0 Å². The van der Waals surface area contributed by atoms with E-state index in [0.717, 1.165) is 6.54 Å². The highest BCUT2D eigenvalue weighted by Gasteiger charge is 2.38. The summed E-state index contributed by atoms with van der Waals surface area (Å²) in [4.78, 5) is 26.2. The van der Waals surface area contributed by atoms with Crippen molar-refractivity contribution in [3.8, 4) is 0 Å². The fourth-order valence-electron chi connectivity index (χ4n) is 2.92. The Hall–Kier alpha value is -1.14. The van der Waals surface area contributed by atoms with E-state index in [2.05, 4.69) is 0 Å². The number of nitrogens with zero attached hydrogens (tertiary/aromatic N) is 2. The molecule has 1 aliphatic heterocycles. The van der Waals surface area contributed by atoms with E-state index in [0.29, 0.717) is 45.3 Å². The molecule has 0 aromatic carbocycles. The summed E-state index contributed by atoms with van der Waals surface area (Å²) >= 11 is 0. The summed E-state index contributed by atoms with van der Waals surface area (Å²) in [6.45, 7) is 2.28. The average Bonchev–Trinajstić information content (AvgIpc) is 2.34. The van der Waals surface area contributed by atoms with Crippen LogP contribution in [0.15, 0.2) is 0 Å². The van der Waals surface area contributed by atoms with Gasteiger partial charge in [0.15, 0.2) is 0 Å². The van der Waals surface area contributed by atoms with Crippen LogP contribution in [0.2, 0.25) is 0 Å². The molecule has 0 aromatic rings. The molecule has 6 heteroatoms. The fraction of sp³-hybridized carbons (Fsp3) is 0.846. The minimum atomic E-state index is -0.831. The lowest BCUT2D eigenvalue weighted by atomic mass is 9.78. The number of piperazine rings is 1. The van der Waals surface area contributed by atoms with Crippen LogP contribution >= 0.6 is 0 Å². The molecule has 0 spiro atoms. The highest BCUT2D eigenvalue weighted by Crippen LogP contribution is 2.33. The summed E-state index contributed by atoms with van der Waals surface area (Å²) in [5.74, 6) is -1.01. The first-order valence-corrected chi connectivity index (χ1v) is 6.81. The van der Waals surface area contributed by atoms with Gasteiger partial charge >= 0.3 is 5.97 Å². The Kier molecular flexibility index (Phi) is 4.10. The van der Waals surface area contributed by atoms with Gasteiger partial charge in [-0.25, -0.2) is 0 Å². The third-order valence-electron chi connectivity index (χ3n) is 4.32. The predicted octanol–water partition coefficient (Wildman–Crippen LogP) is -0.234. The molecule has 2 fully saturated rings. The molecule has 1 heterocycles. The van der Waals surface area contributed by atoms with Crippen molar-refractivity contribution < 1.29 is 19.8 Å². The number of hydrogen-bond acceptors (Lipinski definition) is 4. The first-order valence-electron chi connectivity index (χ1n) is 6.81. The smallest absolute Gasteiger partial charge is 0.306 e. The Balaban J connectivity index is 1.86. The van der Waals surface area contributed by atoms with Crippen molar-refractivity contribution >= 4 is 11.9 Å². The lowest BCUT2D eigenvalue weighted by Gasteiger charge is -2.40. The molecule has 2 aliphatic rings. The molecule has 1 saturated heterocycles. The van der Waals surface area contributed by atoms with Crippen LogP contribution in [0.4, 0.5) is 0 Å². The maximum absolute atomic E-state index is 11.6. The Morgan fingerprint density at radius 3 is 2.53 bits per heavy atom. The molecule has 0 aromatic heterocycles. The second kappa shape index (κ2) is 5.46. The highest BCUT2D eigenvalue weighted by atomic mass is 16.4. The summed E-state index contributed by atoms with van der Waals surface area (Å²) in [7, 11) is 1.78. The number of rotatable bonds is 3. The molecule has 6 nitrogen and oxygen atoms in total. The van der Waals surface area contributed by atoms with Gasteiger partial charge in [0.1, 0.15) is 0 Å². The van der Waals surface area contributed by atoms with E-state index < -0.39 is 11.6 Å². The van der Waals surface area contributed by atoms with Gasteiger partial charge in [0.2, 0.25) is 5.91 Å². The van der Waals surface area contributed by atoms with E-state index in [4.69, 9.17) is 5.11 Å². The molecule has 0 bridgehead atoms. The minimum absolute atomic E-state index is 0.0778. The zero-order chi connectivity index (χ0) is 14.0. The van der Waals surface area contributed by atoms with E-state index in [-0.39, 0.29) is 11.8 Å². The van der Waals surface area contributed by atoms with E-state index >= 15 is 0 Å². The van der Waals surface area contributed by atoms with Crippen LogP contribution in [-0.4, -0.2) is 70.7 Å². The van der Waals surface area contributed by atoms with Gasteiger partial charge in [-0.2, -0.15) is 0 Å². The SMILES string of the molecule is CN1CCN(CC2(O)CCC(C(=O)O)CC2)CC1=O. The van der Waals surface area contributed by atoms with Gasteiger partial charge in [0.25, 0.3) is 0 Å². The molecule has 1 amide bonds. The molecular weight excluding hydrogens is 248 g/mol. The molecular formula is C13H22N2O4. The monoisotopic (exact) mass is 270 g/mol. The number of β-amino-alcohol motifs (C(OH)–C–C–N with tert-alkyl or cyclic N) is 1. The average molecular weight is 270 g/mol. The van der Waals surface area contributed by atoms with E-state index in [1.807, 2.05) is 4.90 Å². The van der Waals surface area contributed by atoms with Gasteiger partial charge < -0.3 is 15.1 Å². The lowest BCUT2D eigenvalue weighted by molar-refractivity contribution is -0.145. The summed E-state index contributed by atoms with van der Waals surface area (Å²) in [5.41, 5.74) is -0.831. The molecule has 2 N–H and O–H groups in total. The molecule has 19 heavy (non-hydrogen) atoms. The number of carboxylic acid groups (broad SMARTS) is 1. The summed E-state index contributed by atoms with van der Waals surface area (Å²) in [6, 6.07) is 0. The number of likely N-dealkylation sites (N-methyl/N-ethyl adjacent to an activating group) is 1. The normalized spacial score (nSPS) is 33.5. The molecule has 0 radical (unpaired) electrons. The van der Waals surface area contributed by atoms with Crippen molar-refractivity contribution in [3.05, 3.63) is 0 Å². The zero-order valence-electron chi connectivity index (χ0n) is 11.3. The molecule has 0 atom stereocenters. The van der Waals surface area contributed by atoms with Gasteiger partial charge in [-0.3, -0.25) is 14.5 Å². The van der Waals surface area contributed by atoms with Crippen LogP contribution in [-0.2, 0) is 9.59 Å². The summed E-state index contributed by atoms with van der Waals surface area (Å²) < 4.78 is 0. The van der Waals surface area contributed by atoms with Crippen molar-refractivity contribution in [1.82, 2.24) is 9.80 Å². The Morgan fingerprint density at radius 2 is 2.00 bits per heavy atom. The standard InChI is InChI=1S/C13H22N2O4/c1-14-6-7-15(8-11(14)16)9-13(19)4-2-10(3-5-13)12(17)18/h10,19H,2-9H2,1H3,(H,17,18). The molecule has 108 valence electrons. The van der Waals surface area contributed by atoms with Crippen LogP contribution in [0.25, 0.3) is 0 Å². The number of aliphatic hydroxyl groups is 1. The van der Waals surface area contributed by atoms with Crippen molar-refractivity contribution in [1.29, 1.82) is 0 Å². The molecule has 2 rings (SSSR count). The fourth-order valence-corrected chi connectivity index (χ4v) is 2.92. The predicted molar refractivity (Wildman–Crippen MR) is 68.6 cm³/mol. The van der Waals surface area contributed by atoms with Gasteiger partial charge in [0, 0.05) is 26.7 Å². The Labute approximate surface area is 113 Å². The maximum atomic E-state index is 11.6. The molecule has 1 saturated carbocycles. The zero-order valence-corrected chi connectivity index (χ0v) is 11.3. The molecule has 0 unspecified atom stereocenters. The summed E-state index contributed by atoms with van der Waals surface area (Å²) in [5, 5.41) is 19.5. The third-order valence-corrected chi connectivity index (χ3v) is 4.32. The van der Waals surface area contributed by atoms with Crippen molar-refractivity contribution in [2.45, 2.75) is 31.3 Å². The Bertz CT molecular complexity index is 364. The quantitative estimate of drug-likeness (QED) is 0.740. The van der Waals surface area contributed by atoms with E-state index in [1.54, 1.807) is 11.9 Å². The number of carbonyl (C=O) groups is 2. The maximum Gasteiger partial charge on any atom is 0.306 e. The second-order valence-electron chi connectivity index (χ2n) is 5.86. The van der Waals surface area contributed by atoms with Crippen molar-refractivity contribution in [2.75, 3.05) is 33.2 Å². The van der Waals surface area contributed by atoms with E-state index in [9.17, 15) is 14.7 Å². The topological polar surface area (TPSA) is 81.1 Å². The van der Waals surface area contributed by atoms with Crippen molar-refractivity contribution in [3.63, 3.8) is 0 Å². The van der Waals surface area contributed by atoms with Gasteiger partial charge in [-0.05, 0) is 25.7 Å². The van der Waals surface area contributed by atoms with Crippen LogP contribution in [0, 0.1) is 5.92 Å². The van der Waals surface area contributed by atoms with Crippen LogP contribution in [0.1, 0.15) is 25.7 Å². The number of aliphatic carboxylic acids is 1. The number of hydrogen-bond donors (Lipinski definition) is 2.